The number of aromatic nitrogens is 1. The van der Waals surface area contributed by atoms with Gasteiger partial charge in [0, 0.05) is 11.3 Å². The predicted molar refractivity (Wildman–Crippen MR) is 49.3 cm³/mol. The Kier molecular flexibility index (Phi) is 3.06. The third-order valence-corrected chi connectivity index (χ3v) is 2.09. The van der Waals surface area contributed by atoms with Crippen LogP contribution in [0.1, 0.15) is 23.7 Å². The van der Waals surface area contributed by atoms with Crippen LogP contribution in [0.5, 0.6) is 0 Å². The fourth-order valence-corrected chi connectivity index (χ4v) is 1.50. The molecule has 3 heteroatoms. The zero-order valence-corrected chi connectivity index (χ0v) is 8.02. The van der Waals surface area contributed by atoms with E-state index in [1.165, 1.54) is 0 Å². The summed E-state index contributed by atoms with van der Waals surface area (Å²) >= 11 is 5.77. The second-order valence-electron chi connectivity index (χ2n) is 2.70. The maximum absolute atomic E-state index is 9.04. The molecule has 0 fully saturated rings. The van der Waals surface area contributed by atoms with Gasteiger partial charge in [-0.15, -0.1) is 0 Å². The van der Waals surface area contributed by atoms with Crippen LogP contribution in [-0.2, 0) is 13.0 Å². The van der Waals surface area contributed by atoms with E-state index in [4.69, 9.17) is 16.7 Å². The van der Waals surface area contributed by atoms with Crippen LogP contribution in [0.4, 0.5) is 0 Å². The van der Waals surface area contributed by atoms with Gasteiger partial charge in [-0.2, -0.15) is 0 Å². The molecule has 0 aromatic carbocycles. The van der Waals surface area contributed by atoms with Crippen molar-refractivity contribution < 1.29 is 5.11 Å². The molecule has 0 saturated heterocycles. The number of pyridine rings is 1. The van der Waals surface area contributed by atoms with Gasteiger partial charge in [-0.05, 0) is 25.0 Å². The second-order valence-corrected chi connectivity index (χ2v) is 3.09. The Morgan fingerprint density at radius 2 is 2.25 bits per heavy atom. The average Bonchev–Trinajstić information content (AvgIpc) is 2.03. The van der Waals surface area contributed by atoms with Crippen molar-refractivity contribution in [3.63, 3.8) is 0 Å². The Bertz CT molecular complexity index is 286. The Labute approximate surface area is 77.2 Å². The van der Waals surface area contributed by atoms with Crippen molar-refractivity contribution in [2.24, 2.45) is 0 Å². The average molecular weight is 186 g/mol. The summed E-state index contributed by atoms with van der Waals surface area (Å²) in [5.41, 5.74) is 2.80. The highest BCUT2D eigenvalue weighted by molar-refractivity contribution is 6.29. The van der Waals surface area contributed by atoms with Gasteiger partial charge in [-0.3, -0.25) is 0 Å². The van der Waals surface area contributed by atoms with Gasteiger partial charge in [-0.1, -0.05) is 18.5 Å². The molecule has 0 aliphatic rings. The largest absolute Gasteiger partial charge is 0.392 e. The number of halogens is 1. The standard InChI is InChI=1S/C9H12ClNO/c1-3-8-7(5-12)6(2)4-9(10)11-8/h4,12H,3,5H2,1-2H3. The Balaban J connectivity index is 3.24. The van der Waals surface area contributed by atoms with Gasteiger partial charge in [-0.25, -0.2) is 4.98 Å². The number of aryl methyl sites for hydroxylation is 2. The zero-order chi connectivity index (χ0) is 9.14. The SMILES string of the molecule is CCc1nc(Cl)cc(C)c1CO. The molecule has 0 spiro atoms. The molecule has 1 aromatic heterocycles. The summed E-state index contributed by atoms with van der Waals surface area (Å²) in [6.45, 7) is 3.97. The number of aliphatic hydroxyl groups is 1. The lowest BCUT2D eigenvalue weighted by atomic mass is 10.1. The molecule has 1 heterocycles. The number of hydrogen-bond donors (Lipinski definition) is 1. The van der Waals surface area contributed by atoms with E-state index in [0.717, 1.165) is 23.2 Å². The molecule has 0 aliphatic heterocycles. The summed E-state index contributed by atoms with van der Waals surface area (Å²) in [6.07, 6.45) is 0.803. The summed E-state index contributed by atoms with van der Waals surface area (Å²) in [5, 5.41) is 9.54. The summed E-state index contributed by atoms with van der Waals surface area (Å²) < 4.78 is 0. The van der Waals surface area contributed by atoms with Gasteiger partial charge in [0.05, 0.1) is 6.61 Å². The van der Waals surface area contributed by atoms with E-state index in [1.54, 1.807) is 6.07 Å². The molecule has 1 rings (SSSR count). The van der Waals surface area contributed by atoms with E-state index < -0.39 is 0 Å². The molecule has 12 heavy (non-hydrogen) atoms. The highest BCUT2D eigenvalue weighted by atomic mass is 35.5. The van der Waals surface area contributed by atoms with E-state index in [-0.39, 0.29) is 6.61 Å². The molecular formula is C9H12ClNO. The number of hydrogen-bond acceptors (Lipinski definition) is 2. The summed E-state index contributed by atoms with van der Waals surface area (Å²) in [5.74, 6) is 0. The quantitative estimate of drug-likeness (QED) is 0.716. The molecule has 0 atom stereocenters. The Morgan fingerprint density at radius 3 is 2.75 bits per heavy atom. The van der Waals surface area contributed by atoms with Crippen molar-refractivity contribution in [1.29, 1.82) is 0 Å². The Morgan fingerprint density at radius 1 is 1.58 bits per heavy atom. The molecule has 0 saturated carbocycles. The molecule has 1 N–H and O–H groups in total. The van der Waals surface area contributed by atoms with Gasteiger partial charge in [0.2, 0.25) is 0 Å². The normalized spacial score (nSPS) is 10.3. The molecular weight excluding hydrogens is 174 g/mol. The van der Waals surface area contributed by atoms with Crippen LogP contribution < -0.4 is 0 Å². The number of rotatable bonds is 2. The van der Waals surface area contributed by atoms with Crippen LogP contribution in [0.3, 0.4) is 0 Å². The van der Waals surface area contributed by atoms with E-state index in [9.17, 15) is 0 Å². The first kappa shape index (κ1) is 9.49. The maximum Gasteiger partial charge on any atom is 0.129 e. The van der Waals surface area contributed by atoms with E-state index >= 15 is 0 Å². The van der Waals surface area contributed by atoms with E-state index in [2.05, 4.69) is 4.98 Å². The first-order valence-corrected chi connectivity index (χ1v) is 4.32. The molecule has 0 radical (unpaired) electrons. The first-order valence-electron chi connectivity index (χ1n) is 3.94. The molecule has 0 bridgehead atoms. The lowest BCUT2D eigenvalue weighted by Gasteiger charge is -2.07. The third kappa shape index (κ3) is 1.76. The Hall–Kier alpha value is -0.600. The molecule has 0 amide bonds. The summed E-state index contributed by atoms with van der Waals surface area (Å²) in [4.78, 5) is 4.13. The molecule has 1 aromatic rings. The minimum absolute atomic E-state index is 0.0408. The van der Waals surface area contributed by atoms with Crippen molar-refractivity contribution in [3.8, 4) is 0 Å². The fraction of sp³-hybridized carbons (Fsp3) is 0.444. The fourth-order valence-electron chi connectivity index (χ4n) is 1.23. The lowest BCUT2D eigenvalue weighted by molar-refractivity contribution is 0.279. The van der Waals surface area contributed by atoms with Crippen LogP contribution in [-0.4, -0.2) is 10.1 Å². The van der Waals surface area contributed by atoms with Crippen molar-refractivity contribution >= 4 is 11.6 Å². The first-order chi connectivity index (χ1) is 5.69. The smallest absolute Gasteiger partial charge is 0.129 e. The van der Waals surface area contributed by atoms with Crippen LogP contribution >= 0.6 is 11.6 Å². The zero-order valence-electron chi connectivity index (χ0n) is 7.26. The predicted octanol–water partition coefficient (Wildman–Crippen LogP) is 2.10. The monoisotopic (exact) mass is 185 g/mol. The second kappa shape index (κ2) is 3.87. The molecule has 0 unspecified atom stereocenters. The topological polar surface area (TPSA) is 33.1 Å². The van der Waals surface area contributed by atoms with Gasteiger partial charge >= 0.3 is 0 Å². The van der Waals surface area contributed by atoms with Gasteiger partial charge in [0.1, 0.15) is 5.15 Å². The van der Waals surface area contributed by atoms with Crippen molar-refractivity contribution in [2.75, 3.05) is 0 Å². The maximum atomic E-state index is 9.04. The minimum atomic E-state index is 0.0408. The summed E-state index contributed by atoms with van der Waals surface area (Å²) in [7, 11) is 0. The van der Waals surface area contributed by atoms with Crippen molar-refractivity contribution in [3.05, 3.63) is 28.0 Å². The van der Waals surface area contributed by atoms with Crippen LogP contribution in [0, 0.1) is 6.92 Å². The van der Waals surface area contributed by atoms with Crippen LogP contribution in [0.2, 0.25) is 5.15 Å². The molecule has 2 nitrogen and oxygen atoms in total. The molecule has 66 valence electrons. The third-order valence-electron chi connectivity index (χ3n) is 1.89. The minimum Gasteiger partial charge on any atom is -0.392 e. The van der Waals surface area contributed by atoms with Crippen molar-refractivity contribution in [1.82, 2.24) is 4.98 Å². The number of aliphatic hydroxyl groups excluding tert-OH is 1. The van der Waals surface area contributed by atoms with E-state index in [0.29, 0.717) is 5.15 Å². The van der Waals surface area contributed by atoms with Crippen molar-refractivity contribution in [2.45, 2.75) is 26.9 Å². The van der Waals surface area contributed by atoms with Gasteiger partial charge < -0.3 is 5.11 Å². The molecule has 0 aliphatic carbocycles. The summed E-state index contributed by atoms with van der Waals surface area (Å²) in [6, 6.07) is 1.77. The van der Waals surface area contributed by atoms with Crippen LogP contribution in [0.25, 0.3) is 0 Å². The highest BCUT2D eigenvalue weighted by Gasteiger charge is 2.05. The van der Waals surface area contributed by atoms with Gasteiger partial charge in [0.15, 0.2) is 0 Å². The number of nitrogens with zero attached hydrogens (tertiary/aromatic N) is 1. The van der Waals surface area contributed by atoms with Gasteiger partial charge in [0.25, 0.3) is 0 Å². The van der Waals surface area contributed by atoms with E-state index in [1.807, 2.05) is 13.8 Å². The van der Waals surface area contributed by atoms with Crippen LogP contribution in [0.15, 0.2) is 6.07 Å². The highest BCUT2D eigenvalue weighted by Crippen LogP contribution is 2.17. The lowest BCUT2D eigenvalue weighted by Crippen LogP contribution is -1.99.